The van der Waals surface area contributed by atoms with Crippen molar-refractivity contribution >= 4 is 18.0 Å². The molecule has 1 amide bonds. The monoisotopic (exact) mass is 331 g/mol. The molecule has 1 aromatic rings. The fourth-order valence-corrected chi connectivity index (χ4v) is 2.71. The van der Waals surface area contributed by atoms with Gasteiger partial charge in [0.25, 0.3) is 0 Å². The lowest BCUT2D eigenvalue weighted by atomic mass is 10.0. The summed E-state index contributed by atoms with van der Waals surface area (Å²) < 4.78 is 5.32. The van der Waals surface area contributed by atoms with Crippen molar-refractivity contribution in [1.82, 2.24) is 4.90 Å². The third kappa shape index (κ3) is 4.93. The van der Waals surface area contributed by atoms with E-state index in [0.29, 0.717) is 12.5 Å². The first kappa shape index (κ1) is 18.2. The smallest absolute Gasteiger partial charge is 0.334 e. The summed E-state index contributed by atoms with van der Waals surface area (Å²) in [6.45, 7) is 6.62. The molecule has 1 aliphatic heterocycles. The Hall–Kier alpha value is -2.14. The Morgan fingerprint density at radius 1 is 1.29 bits per heavy atom. The van der Waals surface area contributed by atoms with Gasteiger partial charge in [-0.25, -0.2) is 4.79 Å². The number of hydrogen-bond acceptors (Lipinski definition) is 3. The molecule has 0 aliphatic carbocycles. The molecule has 1 N–H and O–H groups in total. The van der Waals surface area contributed by atoms with Gasteiger partial charge in [0.1, 0.15) is 0 Å². The number of nitrogens with zero attached hydrogens (tertiary/aromatic N) is 1. The minimum absolute atomic E-state index is 0.0774. The van der Waals surface area contributed by atoms with Crippen LogP contribution in [0.2, 0.25) is 0 Å². The highest BCUT2D eigenvalue weighted by Crippen LogP contribution is 2.16. The van der Waals surface area contributed by atoms with Crippen LogP contribution in [-0.4, -0.2) is 47.2 Å². The number of benzene rings is 1. The number of carboxylic acids is 1. The van der Waals surface area contributed by atoms with Crippen LogP contribution in [0.4, 0.5) is 0 Å². The van der Waals surface area contributed by atoms with Gasteiger partial charge in [-0.3, -0.25) is 4.79 Å². The molecular weight excluding hydrogens is 306 g/mol. The topological polar surface area (TPSA) is 66.8 Å². The molecule has 1 unspecified atom stereocenters. The molecule has 5 nitrogen and oxygen atoms in total. The van der Waals surface area contributed by atoms with Crippen LogP contribution >= 0.6 is 0 Å². The lowest BCUT2D eigenvalue weighted by molar-refractivity contribution is -0.166. The first-order valence-corrected chi connectivity index (χ1v) is 8.29. The molecule has 1 aromatic carbocycles. The number of rotatable bonds is 5. The number of ether oxygens (including phenoxy) is 1. The number of amides is 1. The summed E-state index contributed by atoms with van der Waals surface area (Å²) >= 11 is 0. The minimum Gasteiger partial charge on any atom is -0.479 e. The molecule has 0 bridgehead atoms. The van der Waals surface area contributed by atoms with E-state index in [1.54, 1.807) is 11.8 Å². The van der Waals surface area contributed by atoms with E-state index in [2.05, 4.69) is 26.0 Å². The van der Waals surface area contributed by atoms with Crippen LogP contribution in [0, 0.1) is 0 Å². The summed E-state index contributed by atoms with van der Waals surface area (Å²) in [5.41, 5.74) is 2.33. The van der Waals surface area contributed by atoms with E-state index in [1.807, 2.05) is 24.3 Å². The van der Waals surface area contributed by atoms with Crippen LogP contribution in [0.15, 0.2) is 30.3 Å². The number of morpholine rings is 1. The van der Waals surface area contributed by atoms with Crippen LogP contribution in [0.3, 0.4) is 0 Å². The van der Waals surface area contributed by atoms with Crippen molar-refractivity contribution in [3.8, 4) is 0 Å². The van der Waals surface area contributed by atoms with Gasteiger partial charge in [0.15, 0.2) is 6.10 Å². The van der Waals surface area contributed by atoms with Gasteiger partial charge in [-0.05, 0) is 24.0 Å². The maximum atomic E-state index is 12.3. The Morgan fingerprint density at radius 3 is 2.54 bits per heavy atom. The fraction of sp³-hybridized carbons (Fsp3) is 0.474. The highest BCUT2D eigenvalue weighted by atomic mass is 16.5. The molecule has 1 heterocycles. The highest BCUT2D eigenvalue weighted by Gasteiger charge is 2.32. The van der Waals surface area contributed by atoms with Crippen LogP contribution in [0.5, 0.6) is 0 Å². The Bertz CT molecular complexity index is 606. The van der Waals surface area contributed by atoms with Crippen molar-refractivity contribution in [2.75, 3.05) is 13.1 Å². The van der Waals surface area contributed by atoms with E-state index < -0.39 is 12.1 Å². The van der Waals surface area contributed by atoms with E-state index in [0.717, 1.165) is 5.56 Å². The van der Waals surface area contributed by atoms with Crippen LogP contribution < -0.4 is 0 Å². The van der Waals surface area contributed by atoms with E-state index in [4.69, 9.17) is 9.84 Å². The van der Waals surface area contributed by atoms with Crippen LogP contribution in [0.25, 0.3) is 6.08 Å². The van der Waals surface area contributed by atoms with Gasteiger partial charge in [0.2, 0.25) is 5.91 Å². The maximum absolute atomic E-state index is 12.3. The molecule has 1 saturated heterocycles. The second-order valence-corrected chi connectivity index (χ2v) is 6.50. The molecule has 1 aliphatic rings. The van der Waals surface area contributed by atoms with Crippen molar-refractivity contribution in [1.29, 1.82) is 0 Å². The lowest BCUT2D eigenvalue weighted by Gasteiger charge is -2.34. The predicted octanol–water partition coefficient (Wildman–Crippen LogP) is 2.91. The number of carboxylic acid groups (broad SMARTS) is 1. The first-order valence-electron chi connectivity index (χ1n) is 8.29. The van der Waals surface area contributed by atoms with Gasteiger partial charge >= 0.3 is 5.97 Å². The molecule has 24 heavy (non-hydrogen) atoms. The van der Waals surface area contributed by atoms with Gasteiger partial charge in [-0.2, -0.15) is 0 Å². The van der Waals surface area contributed by atoms with E-state index in [-0.39, 0.29) is 25.0 Å². The van der Waals surface area contributed by atoms with Gasteiger partial charge in [0.05, 0.1) is 12.6 Å². The van der Waals surface area contributed by atoms with Crippen LogP contribution in [0.1, 0.15) is 44.2 Å². The Kier molecular flexibility index (Phi) is 6.15. The summed E-state index contributed by atoms with van der Waals surface area (Å²) in [5.74, 6) is -0.610. The summed E-state index contributed by atoms with van der Waals surface area (Å²) in [5, 5.41) is 9.06. The molecule has 0 saturated carbocycles. The number of carbonyl (C=O) groups excluding carboxylic acids is 1. The number of hydrogen-bond donors (Lipinski definition) is 1. The Labute approximate surface area is 142 Å². The lowest BCUT2D eigenvalue weighted by Crippen LogP contribution is -2.51. The molecule has 2 atom stereocenters. The van der Waals surface area contributed by atoms with Crippen molar-refractivity contribution in [3.63, 3.8) is 0 Å². The van der Waals surface area contributed by atoms with E-state index in [1.165, 1.54) is 5.56 Å². The van der Waals surface area contributed by atoms with Crippen LogP contribution in [-0.2, 0) is 14.3 Å². The third-order valence-corrected chi connectivity index (χ3v) is 4.09. The van der Waals surface area contributed by atoms with Gasteiger partial charge in [-0.15, -0.1) is 0 Å². The maximum Gasteiger partial charge on any atom is 0.334 e. The predicted molar refractivity (Wildman–Crippen MR) is 92.7 cm³/mol. The molecule has 2 rings (SSSR count). The molecule has 0 radical (unpaired) electrons. The van der Waals surface area contributed by atoms with E-state index in [9.17, 15) is 9.59 Å². The standard InChI is InChI=1S/C19H25NO4/c1-13(2)16-9-7-15(8-10-16)5-4-6-18(21)20-11-14(3)24-17(12-20)19(22)23/h4-5,7-10,13-14,17H,6,11-12H2,1-3H3,(H,22,23)/b5-4+/t14-,17?/m1/s1. The van der Waals surface area contributed by atoms with Crippen molar-refractivity contribution in [3.05, 3.63) is 41.5 Å². The molecule has 5 heteroatoms. The largest absolute Gasteiger partial charge is 0.479 e. The third-order valence-electron chi connectivity index (χ3n) is 4.09. The average molecular weight is 331 g/mol. The zero-order chi connectivity index (χ0) is 17.7. The quantitative estimate of drug-likeness (QED) is 0.901. The van der Waals surface area contributed by atoms with E-state index >= 15 is 0 Å². The highest BCUT2D eigenvalue weighted by molar-refractivity contribution is 5.80. The summed E-state index contributed by atoms with van der Waals surface area (Å²) in [6.07, 6.45) is 2.79. The van der Waals surface area contributed by atoms with Gasteiger partial charge < -0.3 is 14.7 Å². The molecule has 0 spiro atoms. The minimum atomic E-state index is -1.03. The van der Waals surface area contributed by atoms with Crippen molar-refractivity contribution < 1.29 is 19.4 Å². The molecular formula is C19H25NO4. The number of carbonyl (C=O) groups is 2. The molecule has 1 fully saturated rings. The van der Waals surface area contributed by atoms with Gasteiger partial charge in [-0.1, -0.05) is 50.3 Å². The first-order chi connectivity index (χ1) is 11.4. The van der Waals surface area contributed by atoms with Crippen molar-refractivity contribution in [2.45, 2.75) is 45.3 Å². The Morgan fingerprint density at radius 2 is 1.96 bits per heavy atom. The zero-order valence-corrected chi connectivity index (χ0v) is 14.4. The molecule has 130 valence electrons. The zero-order valence-electron chi connectivity index (χ0n) is 14.4. The summed E-state index contributed by atoms with van der Waals surface area (Å²) in [4.78, 5) is 24.9. The van der Waals surface area contributed by atoms with Crippen molar-refractivity contribution in [2.24, 2.45) is 0 Å². The second kappa shape index (κ2) is 8.11. The Balaban J connectivity index is 1.90. The SMILES string of the molecule is CC(C)c1ccc(/C=C/CC(=O)N2CC(C(=O)O)O[C@H](C)C2)cc1. The summed E-state index contributed by atoms with van der Waals surface area (Å²) in [6, 6.07) is 8.25. The average Bonchev–Trinajstić information content (AvgIpc) is 2.54. The summed E-state index contributed by atoms with van der Waals surface area (Å²) in [7, 11) is 0. The number of aliphatic carboxylic acids is 1. The van der Waals surface area contributed by atoms with Gasteiger partial charge in [0, 0.05) is 13.0 Å². The fourth-order valence-electron chi connectivity index (χ4n) is 2.71. The normalized spacial score (nSPS) is 21.4. The molecule has 0 aromatic heterocycles. The second-order valence-electron chi connectivity index (χ2n) is 6.50.